The van der Waals surface area contributed by atoms with Gasteiger partial charge in [-0.3, -0.25) is 4.79 Å². The molecule has 14 heavy (non-hydrogen) atoms. The zero-order valence-electron chi connectivity index (χ0n) is 8.47. The molecule has 0 radical (unpaired) electrons. The van der Waals surface area contributed by atoms with Crippen LogP contribution in [0.5, 0.6) is 0 Å². The highest BCUT2D eigenvalue weighted by Crippen LogP contribution is 2.02. The van der Waals surface area contributed by atoms with Crippen molar-refractivity contribution in [1.29, 1.82) is 0 Å². The number of ether oxygens (including phenoxy) is 1. The van der Waals surface area contributed by atoms with Gasteiger partial charge in [0, 0.05) is 0 Å². The molecule has 0 amide bonds. The van der Waals surface area contributed by atoms with Crippen LogP contribution in [0.3, 0.4) is 0 Å². The first-order valence-corrected chi connectivity index (χ1v) is 4.04. The summed E-state index contributed by atoms with van der Waals surface area (Å²) in [6.45, 7) is 4.12. The zero-order valence-corrected chi connectivity index (χ0v) is 8.47. The summed E-state index contributed by atoms with van der Waals surface area (Å²) in [7, 11) is 1.39. The minimum Gasteiger partial charge on any atom is -0.449 e. The van der Waals surface area contributed by atoms with Crippen LogP contribution in [0.2, 0.25) is 0 Å². The molecule has 0 saturated heterocycles. The lowest BCUT2D eigenvalue weighted by Gasteiger charge is -2.16. The van der Waals surface area contributed by atoms with E-state index in [4.69, 9.17) is 9.57 Å². The quantitative estimate of drug-likeness (QED) is 0.344. The second-order valence-corrected chi connectivity index (χ2v) is 2.47. The smallest absolute Gasteiger partial charge is 0.294 e. The summed E-state index contributed by atoms with van der Waals surface area (Å²) in [4.78, 5) is 19.4. The van der Waals surface area contributed by atoms with E-state index in [1.165, 1.54) is 19.5 Å². The molecular weight excluding hydrogens is 188 g/mol. The van der Waals surface area contributed by atoms with Gasteiger partial charge in [-0.15, -0.1) is 0 Å². The molecule has 0 aromatic rings. The van der Waals surface area contributed by atoms with E-state index in [1.807, 2.05) is 0 Å². The van der Waals surface area contributed by atoms with Crippen molar-refractivity contribution in [2.24, 2.45) is 10.3 Å². The summed E-state index contributed by atoms with van der Waals surface area (Å²) in [6, 6.07) is 0. The second kappa shape index (κ2) is 6.88. The van der Waals surface area contributed by atoms with E-state index >= 15 is 0 Å². The molecule has 6 nitrogen and oxygen atoms in total. The van der Waals surface area contributed by atoms with Crippen LogP contribution in [0.15, 0.2) is 10.3 Å². The fraction of sp³-hybridized carbons (Fsp3) is 0.625. The van der Waals surface area contributed by atoms with Gasteiger partial charge in [-0.25, -0.2) is 0 Å². The molecule has 80 valence electrons. The third-order valence-electron chi connectivity index (χ3n) is 1.23. The van der Waals surface area contributed by atoms with Crippen molar-refractivity contribution in [3.05, 3.63) is 0 Å². The summed E-state index contributed by atoms with van der Waals surface area (Å²) in [5, 5.41) is 7.06. The van der Waals surface area contributed by atoms with Crippen molar-refractivity contribution in [2.45, 2.75) is 19.4 Å². The van der Waals surface area contributed by atoms with Gasteiger partial charge in [-0.1, -0.05) is 10.3 Å². The average molecular weight is 202 g/mol. The van der Waals surface area contributed by atoms with Crippen LogP contribution in [0, 0.1) is 0 Å². The van der Waals surface area contributed by atoms with Crippen LogP contribution in [-0.4, -0.2) is 38.2 Å². The number of oxime groups is 2. The van der Waals surface area contributed by atoms with Gasteiger partial charge in [0.05, 0.1) is 12.4 Å². The Bertz CT molecular complexity index is 217. The Labute approximate surface area is 82.5 Å². The van der Waals surface area contributed by atoms with Crippen molar-refractivity contribution >= 4 is 18.9 Å². The number of hydrogen-bond acceptors (Lipinski definition) is 6. The lowest BCUT2D eigenvalue weighted by atomic mass is 10.1. The van der Waals surface area contributed by atoms with E-state index in [0.29, 0.717) is 13.1 Å². The molecule has 0 fully saturated rings. The number of nitrogens with zero attached hydrogens (tertiary/aromatic N) is 2. The minimum absolute atomic E-state index is 0.305. The Morgan fingerprint density at radius 3 is 2.50 bits per heavy atom. The Morgan fingerprint density at radius 2 is 2.00 bits per heavy atom. The number of rotatable bonds is 7. The predicted octanol–water partition coefficient (Wildman–Crippen LogP) is 0.573. The Balaban J connectivity index is 4.36. The Morgan fingerprint density at radius 1 is 1.36 bits per heavy atom. The van der Waals surface area contributed by atoms with E-state index < -0.39 is 5.60 Å². The highest BCUT2D eigenvalue weighted by atomic mass is 16.6. The molecular formula is C8H14N2O4. The normalized spacial score (nSPS) is 15.4. The molecule has 0 N–H and O–H groups in total. The van der Waals surface area contributed by atoms with Crippen molar-refractivity contribution in [3.8, 4) is 0 Å². The van der Waals surface area contributed by atoms with Crippen LogP contribution in [0.4, 0.5) is 0 Å². The van der Waals surface area contributed by atoms with Crippen LogP contribution in [-0.2, 0) is 19.2 Å². The molecule has 1 unspecified atom stereocenters. The molecule has 0 aliphatic rings. The minimum atomic E-state index is -1.05. The lowest BCUT2D eigenvalue weighted by Crippen LogP contribution is -2.32. The van der Waals surface area contributed by atoms with Crippen LogP contribution in [0.25, 0.3) is 0 Å². The monoisotopic (exact) mass is 202 g/mol. The molecule has 0 heterocycles. The number of hydrogen-bond donors (Lipinski definition) is 0. The highest BCUT2D eigenvalue weighted by molar-refractivity contribution is 5.93. The van der Waals surface area contributed by atoms with Gasteiger partial charge in [0.25, 0.3) is 6.47 Å². The second-order valence-electron chi connectivity index (χ2n) is 2.47. The number of carbonyl (C=O) groups is 1. The number of carbonyl (C=O) groups excluding carboxylic acids is 1. The first kappa shape index (κ1) is 12.4. The predicted molar refractivity (Wildman–Crippen MR) is 51.2 cm³/mol. The van der Waals surface area contributed by atoms with E-state index in [1.54, 1.807) is 13.8 Å². The first-order valence-electron chi connectivity index (χ1n) is 4.04. The third-order valence-corrected chi connectivity index (χ3v) is 1.23. The highest BCUT2D eigenvalue weighted by Gasteiger charge is 2.21. The van der Waals surface area contributed by atoms with Crippen molar-refractivity contribution in [2.75, 3.05) is 13.7 Å². The molecule has 1 atom stereocenters. The molecule has 0 rings (SSSR count). The molecule has 0 aromatic carbocycles. The first-order chi connectivity index (χ1) is 6.68. The Hall–Kier alpha value is -1.59. The maximum absolute atomic E-state index is 10.2. The molecule has 0 spiro atoms. The summed E-state index contributed by atoms with van der Waals surface area (Å²) >= 11 is 0. The van der Waals surface area contributed by atoms with Gasteiger partial charge in [-0.2, -0.15) is 0 Å². The zero-order chi connectivity index (χ0) is 10.9. The van der Waals surface area contributed by atoms with Gasteiger partial charge >= 0.3 is 0 Å². The van der Waals surface area contributed by atoms with Gasteiger partial charge in [0.1, 0.15) is 13.7 Å². The van der Waals surface area contributed by atoms with E-state index in [0.717, 1.165) is 0 Å². The molecule has 0 aliphatic carbocycles. The van der Waals surface area contributed by atoms with Crippen molar-refractivity contribution in [1.82, 2.24) is 0 Å². The van der Waals surface area contributed by atoms with Gasteiger partial charge in [-0.05, 0) is 13.8 Å². The molecule has 0 saturated carbocycles. The van der Waals surface area contributed by atoms with Crippen LogP contribution < -0.4 is 0 Å². The SMILES string of the molecule is CCON=CC(C)(C=NOC)OC=O. The maximum atomic E-state index is 10.2. The topological polar surface area (TPSA) is 69.5 Å². The van der Waals surface area contributed by atoms with Crippen molar-refractivity contribution < 1.29 is 19.2 Å². The van der Waals surface area contributed by atoms with Crippen molar-refractivity contribution in [3.63, 3.8) is 0 Å². The van der Waals surface area contributed by atoms with E-state index in [2.05, 4.69) is 15.1 Å². The van der Waals surface area contributed by atoms with Gasteiger partial charge in [0.15, 0.2) is 5.60 Å². The molecule has 0 aliphatic heterocycles. The molecule has 0 bridgehead atoms. The summed E-state index contributed by atoms with van der Waals surface area (Å²) in [6.07, 6.45) is 2.61. The standard InChI is InChI=1S/C8H14N2O4/c1-4-14-10-6-8(2,13-7-11)5-9-12-3/h5-7H,4H2,1-3H3. The fourth-order valence-electron chi connectivity index (χ4n) is 0.572. The largest absolute Gasteiger partial charge is 0.449 e. The Kier molecular flexibility index (Phi) is 6.09. The third kappa shape index (κ3) is 5.13. The average Bonchev–Trinajstić information content (AvgIpc) is 2.16. The van der Waals surface area contributed by atoms with Crippen LogP contribution in [0.1, 0.15) is 13.8 Å². The molecule has 6 heteroatoms. The summed E-state index contributed by atoms with van der Waals surface area (Å²) in [5.41, 5.74) is -1.05. The van der Waals surface area contributed by atoms with Crippen LogP contribution >= 0.6 is 0 Å². The summed E-state index contributed by atoms with van der Waals surface area (Å²) in [5.74, 6) is 0. The fourth-order valence-corrected chi connectivity index (χ4v) is 0.572. The summed E-state index contributed by atoms with van der Waals surface area (Å²) < 4.78 is 4.74. The van der Waals surface area contributed by atoms with E-state index in [9.17, 15) is 4.79 Å². The molecule has 0 aromatic heterocycles. The van der Waals surface area contributed by atoms with Gasteiger partial charge < -0.3 is 14.4 Å². The van der Waals surface area contributed by atoms with Gasteiger partial charge in [0.2, 0.25) is 0 Å². The maximum Gasteiger partial charge on any atom is 0.294 e. The van der Waals surface area contributed by atoms with E-state index in [-0.39, 0.29) is 0 Å². The lowest BCUT2D eigenvalue weighted by molar-refractivity contribution is -0.132.